The first-order valence-corrected chi connectivity index (χ1v) is 14.3. The molecule has 3 aliphatic rings. The summed E-state index contributed by atoms with van der Waals surface area (Å²) in [6, 6.07) is 3.43. The molecule has 2 aliphatic heterocycles. The van der Waals surface area contributed by atoms with Crippen molar-refractivity contribution in [2.75, 3.05) is 25.1 Å². The van der Waals surface area contributed by atoms with E-state index in [0.29, 0.717) is 48.0 Å². The Hall–Kier alpha value is -3.47. The summed E-state index contributed by atoms with van der Waals surface area (Å²) in [6.07, 6.45) is 6.47. The summed E-state index contributed by atoms with van der Waals surface area (Å²) < 4.78 is 27.4. The van der Waals surface area contributed by atoms with Gasteiger partial charge in [-0.1, -0.05) is 13.8 Å². The zero-order chi connectivity index (χ0) is 26.4. The van der Waals surface area contributed by atoms with Crippen LogP contribution in [0.2, 0.25) is 0 Å². The molecule has 1 atom stereocenters. The van der Waals surface area contributed by atoms with Crippen molar-refractivity contribution in [2.45, 2.75) is 51.1 Å². The summed E-state index contributed by atoms with van der Waals surface area (Å²) >= 11 is 0. The van der Waals surface area contributed by atoms with E-state index in [1.807, 2.05) is 13.0 Å². The number of aromatic nitrogens is 3. The number of hydrogen-bond donors (Lipinski definition) is 1. The van der Waals surface area contributed by atoms with Crippen molar-refractivity contribution in [3.8, 4) is 11.3 Å². The van der Waals surface area contributed by atoms with Crippen LogP contribution in [0.25, 0.3) is 16.9 Å². The SMILES string of the molecule is CC(C1CC1)N1Cc2cc(-c3cnc4c(N)nc(C(=O)N5CC(C)(C)C5)cn34)cc(S(C)(=O)=O)c2C1=O. The van der Waals surface area contributed by atoms with E-state index in [0.717, 1.165) is 19.1 Å². The fourth-order valence-corrected chi connectivity index (χ4v) is 6.59. The number of imidazole rings is 1. The smallest absolute Gasteiger partial charge is 0.274 e. The van der Waals surface area contributed by atoms with Gasteiger partial charge in [-0.25, -0.2) is 18.4 Å². The number of benzene rings is 1. The molecule has 1 saturated heterocycles. The molecule has 3 aromatic rings. The Kier molecular flexibility index (Phi) is 5.02. The second-order valence-electron chi connectivity index (χ2n) is 11.5. The van der Waals surface area contributed by atoms with Gasteiger partial charge in [0, 0.05) is 43.7 Å². The van der Waals surface area contributed by atoms with E-state index in [4.69, 9.17) is 5.73 Å². The van der Waals surface area contributed by atoms with Crippen molar-refractivity contribution >= 4 is 33.1 Å². The number of likely N-dealkylation sites (tertiary alicyclic amines) is 1. The molecule has 1 aromatic carbocycles. The zero-order valence-electron chi connectivity index (χ0n) is 21.4. The van der Waals surface area contributed by atoms with Crippen LogP contribution in [0.1, 0.15) is 60.0 Å². The normalized spacial score (nSPS) is 19.7. The number of carbonyl (C=O) groups is 2. The molecule has 2 fully saturated rings. The van der Waals surface area contributed by atoms with Crippen LogP contribution < -0.4 is 5.73 Å². The van der Waals surface area contributed by atoms with Gasteiger partial charge >= 0.3 is 0 Å². The number of carbonyl (C=O) groups excluding carboxylic acids is 2. The largest absolute Gasteiger partial charge is 0.381 e. The lowest BCUT2D eigenvalue weighted by atomic mass is 9.84. The summed E-state index contributed by atoms with van der Waals surface area (Å²) in [5, 5.41) is 0. The van der Waals surface area contributed by atoms with E-state index in [-0.39, 0.29) is 45.2 Å². The average Bonchev–Trinajstić information content (AvgIpc) is 3.48. The van der Waals surface area contributed by atoms with Crippen LogP contribution >= 0.6 is 0 Å². The molecular formula is C26H30N6O4S. The molecule has 1 unspecified atom stereocenters. The van der Waals surface area contributed by atoms with Crippen molar-refractivity contribution in [3.63, 3.8) is 0 Å². The van der Waals surface area contributed by atoms with Gasteiger partial charge in [0.1, 0.15) is 5.69 Å². The van der Waals surface area contributed by atoms with Gasteiger partial charge in [0.05, 0.1) is 22.3 Å². The average molecular weight is 523 g/mol. The van der Waals surface area contributed by atoms with Gasteiger partial charge in [-0.2, -0.15) is 0 Å². The summed E-state index contributed by atoms with van der Waals surface area (Å²) in [5.74, 6) is 0.120. The summed E-state index contributed by atoms with van der Waals surface area (Å²) in [5.41, 5.74) is 8.89. The maximum atomic E-state index is 13.3. The Balaban J connectivity index is 1.45. The minimum Gasteiger partial charge on any atom is -0.381 e. The monoisotopic (exact) mass is 522 g/mol. The number of fused-ring (bicyclic) bond motifs is 2. The van der Waals surface area contributed by atoms with Crippen molar-refractivity contribution in [2.24, 2.45) is 11.3 Å². The Bertz CT molecular complexity index is 1600. The highest BCUT2D eigenvalue weighted by molar-refractivity contribution is 7.90. The maximum Gasteiger partial charge on any atom is 0.274 e. The van der Waals surface area contributed by atoms with Crippen molar-refractivity contribution in [1.29, 1.82) is 0 Å². The zero-order valence-corrected chi connectivity index (χ0v) is 22.2. The van der Waals surface area contributed by atoms with Crippen LogP contribution in [0, 0.1) is 11.3 Å². The second-order valence-corrected chi connectivity index (χ2v) is 13.4. The van der Waals surface area contributed by atoms with Crippen LogP contribution in [-0.4, -0.2) is 69.8 Å². The maximum absolute atomic E-state index is 13.3. The number of nitrogens with two attached hydrogens (primary N) is 1. The molecule has 194 valence electrons. The molecule has 4 heterocycles. The van der Waals surface area contributed by atoms with Gasteiger partial charge in [0.2, 0.25) is 0 Å². The van der Waals surface area contributed by atoms with Gasteiger partial charge in [0.25, 0.3) is 11.8 Å². The predicted molar refractivity (Wildman–Crippen MR) is 138 cm³/mol. The predicted octanol–water partition coefficient (Wildman–Crippen LogP) is 2.62. The van der Waals surface area contributed by atoms with Crippen LogP contribution in [0.3, 0.4) is 0 Å². The molecule has 0 bridgehead atoms. The fraction of sp³-hybridized carbons (Fsp3) is 0.462. The van der Waals surface area contributed by atoms with Crippen molar-refractivity contribution < 1.29 is 18.0 Å². The fourth-order valence-electron chi connectivity index (χ4n) is 5.66. The number of rotatable bonds is 5. The molecule has 6 rings (SSSR count). The van der Waals surface area contributed by atoms with Crippen LogP contribution in [0.15, 0.2) is 29.4 Å². The van der Waals surface area contributed by atoms with E-state index in [1.54, 1.807) is 26.6 Å². The van der Waals surface area contributed by atoms with Gasteiger partial charge in [-0.15, -0.1) is 0 Å². The Morgan fingerprint density at radius 3 is 2.54 bits per heavy atom. The lowest BCUT2D eigenvalue weighted by Gasteiger charge is -2.45. The summed E-state index contributed by atoms with van der Waals surface area (Å²) in [4.78, 5) is 38.6. The highest BCUT2D eigenvalue weighted by Crippen LogP contribution is 2.41. The number of nitrogens with zero attached hydrogens (tertiary/aromatic N) is 5. The third-order valence-electron chi connectivity index (χ3n) is 7.75. The standard InChI is InChI=1S/C26H30N6O4S/c1-14(15-5-6-15)31-10-17-7-16(8-20(37(4,35)36)21(17)25(31)34)19-9-28-23-22(27)29-18(11-32(19)23)24(33)30-12-26(2,3)13-30/h7-9,11,14-15H,5-6,10,12-13H2,1-4H3,(H2,27,29). The highest BCUT2D eigenvalue weighted by Gasteiger charge is 2.41. The first-order chi connectivity index (χ1) is 17.3. The highest BCUT2D eigenvalue weighted by atomic mass is 32.2. The lowest BCUT2D eigenvalue weighted by Crippen LogP contribution is -2.55. The van der Waals surface area contributed by atoms with E-state index in [9.17, 15) is 18.0 Å². The van der Waals surface area contributed by atoms with Crippen molar-refractivity contribution in [3.05, 3.63) is 41.3 Å². The number of nitrogen functional groups attached to an aromatic ring is 1. The Morgan fingerprint density at radius 2 is 1.92 bits per heavy atom. The van der Waals surface area contributed by atoms with Crippen LogP contribution in [-0.2, 0) is 16.4 Å². The molecule has 2 aromatic heterocycles. The van der Waals surface area contributed by atoms with Gasteiger partial charge in [0.15, 0.2) is 21.3 Å². The molecule has 1 aliphatic carbocycles. The number of hydrogen-bond acceptors (Lipinski definition) is 7. The second kappa shape index (κ2) is 7.77. The number of sulfone groups is 1. The molecule has 11 heteroatoms. The minimum atomic E-state index is -3.70. The molecule has 37 heavy (non-hydrogen) atoms. The quantitative estimate of drug-likeness (QED) is 0.545. The van der Waals surface area contributed by atoms with E-state index < -0.39 is 9.84 Å². The summed E-state index contributed by atoms with van der Waals surface area (Å²) in [6.45, 7) is 7.85. The third kappa shape index (κ3) is 3.87. The summed E-state index contributed by atoms with van der Waals surface area (Å²) in [7, 11) is -3.70. The van der Waals surface area contributed by atoms with E-state index >= 15 is 0 Å². The first-order valence-electron chi connectivity index (χ1n) is 12.5. The van der Waals surface area contributed by atoms with Crippen LogP contribution in [0.4, 0.5) is 5.82 Å². The minimum absolute atomic E-state index is 0.00610. The van der Waals surface area contributed by atoms with E-state index in [1.165, 1.54) is 6.07 Å². The molecule has 2 N–H and O–H groups in total. The third-order valence-corrected chi connectivity index (χ3v) is 8.87. The van der Waals surface area contributed by atoms with Gasteiger partial charge in [-0.3, -0.25) is 14.0 Å². The van der Waals surface area contributed by atoms with Gasteiger partial charge in [-0.05, 0) is 48.8 Å². The van der Waals surface area contributed by atoms with Crippen molar-refractivity contribution in [1.82, 2.24) is 24.2 Å². The molecule has 0 radical (unpaired) electrons. The van der Waals surface area contributed by atoms with Gasteiger partial charge < -0.3 is 15.5 Å². The molecule has 2 amide bonds. The van der Waals surface area contributed by atoms with Crippen LogP contribution in [0.5, 0.6) is 0 Å². The molecule has 0 spiro atoms. The molecular weight excluding hydrogens is 492 g/mol. The Morgan fingerprint density at radius 1 is 1.22 bits per heavy atom. The Labute approximate surface area is 215 Å². The first kappa shape index (κ1) is 23.9. The molecule has 10 nitrogen and oxygen atoms in total. The topological polar surface area (TPSA) is 131 Å². The number of amides is 2. The number of anilines is 1. The lowest BCUT2D eigenvalue weighted by molar-refractivity contribution is 0.0230. The molecule has 1 saturated carbocycles. The van der Waals surface area contributed by atoms with E-state index in [2.05, 4.69) is 23.8 Å².